The highest BCUT2D eigenvalue weighted by molar-refractivity contribution is 5.71. The second kappa shape index (κ2) is 3.38. The van der Waals surface area contributed by atoms with Crippen LogP contribution >= 0.6 is 0 Å². The predicted molar refractivity (Wildman–Crippen MR) is 20.5 cm³/mol. The first kappa shape index (κ1) is 6.19. The monoisotopic (exact) mass is 106 g/mol. The molecule has 0 atom stereocenters. The van der Waals surface area contributed by atoms with Gasteiger partial charge in [-0.15, -0.1) is 0 Å². The zero-order chi connectivity index (χ0) is 5.70. The Morgan fingerprint density at radius 2 is 2.43 bits per heavy atom. The molecular formula is C2H6N2O3. The minimum atomic E-state index is -0.789. The van der Waals surface area contributed by atoms with Crippen LogP contribution in [0.3, 0.4) is 0 Å². The SMILES string of the molecule is CONC(=O)NO. The first-order chi connectivity index (χ1) is 3.31. The van der Waals surface area contributed by atoms with Gasteiger partial charge in [0.1, 0.15) is 0 Å². The standard InChI is InChI=1S/C2H6N2O3/c1-7-4-2(5)3-6/h6H,1H3,(H2,3,4,5). The fourth-order valence-corrected chi connectivity index (χ4v) is 0.116. The van der Waals surface area contributed by atoms with Gasteiger partial charge < -0.3 is 0 Å². The van der Waals surface area contributed by atoms with Crippen LogP contribution in [0.2, 0.25) is 0 Å². The summed E-state index contributed by atoms with van der Waals surface area (Å²) >= 11 is 0. The first-order valence-electron chi connectivity index (χ1n) is 1.54. The van der Waals surface area contributed by atoms with Crippen LogP contribution < -0.4 is 11.0 Å². The number of rotatable bonds is 1. The number of amides is 2. The van der Waals surface area contributed by atoms with E-state index in [1.54, 1.807) is 5.48 Å². The van der Waals surface area contributed by atoms with Crippen molar-refractivity contribution in [2.75, 3.05) is 7.11 Å². The third-order valence-electron chi connectivity index (χ3n) is 0.296. The summed E-state index contributed by atoms with van der Waals surface area (Å²) in [6, 6.07) is -0.789. The molecule has 0 aliphatic rings. The van der Waals surface area contributed by atoms with Crippen molar-refractivity contribution in [2.24, 2.45) is 0 Å². The Balaban J connectivity index is 3.00. The highest BCUT2D eigenvalue weighted by atomic mass is 16.7. The summed E-state index contributed by atoms with van der Waals surface area (Å²) in [7, 11) is 1.26. The molecule has 0 rings (SSSR count). The van der Waals surface area contributed by atoms with Gasteiger partial charge >= 0.3 is 6.03 Å². The Morgan fingerprint density at radius 3 is 2.57 bits per heavy atom. The second-order valence-corrected chi connectivity index (χ2v) is 0.747. The van der Waals surface area contributed by atoms with Gasteiger partial charge in [0.2, 0.25) is 0 Å². The van der Waals surface area contributed by atoms with Gasteiger partial charge in [-0.05, 0) is 0 Å². The van der Waals surface area contributed by atoms with E-state index in [1.807, 2.05) is 0 Å². The molecule has 3 N–H and O–H groups in total. The number of urea groups is 1. The van der Waals surface area contributed by atoms with E-state index in [-0.39, 0.29) is 0 Å². The fraction of sp³-hybridized carbons (Fsp3) is 0.500. The van der Waals surface area contributed by atoms with Gasteiger partial charge in [-0.1, -0.05) is 0 Å². The molecule has 0 bridgehead atoms. The molecule has 0 spiro atoms. The fourth-order valence-electron chi connectivity index (χ4n) is 0.116. The lowest BCUT2D eigenvalue weighted by molar-refractivity contribution is 0.0805. The van der Waals surface area contributed by atoms with Gasteiger partial charge in [-0.25, -0.2) is 15.8 Å². The largest absolute Gasteiger partial charge is 0.362 e. The number of carbonyl (C=O) groups excluding carboxylic acids is 1. The van der Waals surface area contributed by atoms with Crippen molar-refractivity contribution in [3.63, 3.8) is 0 Å². The molecule has 7 heavy (non-hydrogen) atoms. The number of nitrogens with one attached hydrogen (secondary N) is 2. The molecule has 5 heteroatoms. The molecule has 0 heterocycles. The van der Waals surface area contributed by atoms with Crippen molar-refractivity contribution in [3.05, 3.63) is 0 Å². The summed E-state index contributed by atoms with van der Waals surface area (Å²) in [5, 5.41) is 7.72. The smallest absolute Gasteiger partial charge is 0.287 e. The molecule has 0 radical (unpaired) electrons. The van der Waals surface area contributed by atoms with E-state index in [1.165, 1.54) is 12.6 Å². The van der Waals surface area contributed by atoms with Gasteiger partial charge in [0, 0.05) is 0 Å². The summed E-state index contributed by atoms with van der Waals surface area (Å²) in [6.45, 7) is 0. The maximum Gasteiger partial charge on any atom is 0.362 e. The molecule has 0 aromatic heterocycles. The van der Waals surface area contributed by atoms with E-state index in [0.29, 0.717) is 0 Å². The van der Waals surface area contributed by atoms with E-state index in [9.17, 15) is 4.79 Å². The molecule has 0 aliphatic carbocycles. The third-order valence-corrected chi connectivity index (χ3v) is 0.296. The number of hydroxylamine groups is 2. The number of hydrogen-bond donors (Lipinski definition) is 3. The number of hydrogen-bond acceptors (Lipinski definition) is 3. The molecule has 0 aliphatic heterocycles. The van der Waals surface area contributed by atoms with Crippen LogP contribution in [0.4, 0.5) is 4.79 Å². The maximum absolute atomic E-state index is 9.81. The van der Waals surface area contributed by atoms with Crippen molar-refractivity contribution in [1.29, 1.82) is 0 Å². The lowest BCUT2D eigenvalue weighted by atomic mass is 11.1. The Labute approximate surface area is 40.2 Å². The summed E-state index contributed by atoms with van der Waals surface area (Å²) < 4.78 is 0. The lowest BCUT2D eigenvalue weighted by Crippen LogP contribution is -2.31. The quantitative estimate of drug-likeness (QED) is 0.304. The average molecular weight is 106 g/mol. The summed E-state index contributed by atoms with van der Waals surface area (Å²) in [6.07, 6.45) is 0. The second-order valence-electron chi connectivity index (χ2n) is 0.747. The van der Waals surface area contributed by atoms with Crippen molar-refractivity contribution in [2.45, 2.75) is 0 Å². The zero-order valence-electron chi connectivity index (χ0n) is 3.76. The van der Waals surface area contributed by atoms with Crippen LogP contribution in [0.25, 0.3) is 0 Å². The van der Waals surface area contributed by atoms with Crippen LogP contribution in [0.5, 0.6) is 0 Å². The average Bonchev–Trinajstić information content (AvgIpc) is 1.68. The molecule has 5 nitrogen and oxygen atoms in total. The van der Waals surface area contributed by atoms with Crippen LogP contribution in [-0.2, 0) is 4.84 Å². The summed E-state index contributed by atoms with van der Waals surface area (Å²) in [5.41, 5.74) is 3.09. The number of carbonyl (C=O) groups is 1. The molecular weight excluding hydrogens is 100 g/mol. The van der Waals surface area contributed by atoms with Gasteiger partial charge in [-0.3, -0.25) is 10.0 Å². The van der Waals surface area contributed by atoms with Crippen LogP contribution in [0.15, 0.2) is 0 Å². The third kappa shape index (κ3) is 3.01. The Kier molecular flexibility index (Phi) is 2.99. The van der Waals surface area contributed by atoms with E-state index < -0.39 is 6.03 Å². The van der Waals surface area contributed by atoms with E-state index in [0.717, 1.165) is 0 Å². The van der Waals surface area contributed by atoms with Crippen molar-refractivity contribution >= 4 is 6.03 Å². The predicted octanol–water partition coefficient (Wildman–Crippen LogP) is -0.764. The van der Waals surface area contributed by atoms with Crippen molar-refractivity contribution < 1.29 is 14.8 Å². The zero-order valence-corrected chi connectivity index (χ0v) is 3.76. The summed E-state index contributed by atoms with van der Waals surface area (Å²) in [5.74, 6) is 0. The first-order valence-corrected chi connectivity index (χ1v) is 1.54. The topological polar surface area (TPSA) is 70.6 Å². The van der Waals surface area contributed by atoms with Gasteiger partial charge in [-0.2, -0.15) is 0 Å². The van der Waals surface area contributed by atoms with E-state index in [4.69, 9.17) is 5.21 Å². The normalized spacial score (nSPS) is 7.71. The van der Waals surface area contributed by atoms with Crippen molar-refractivity contribution in [1.82, 2.24) is 11.0 Å². The molecule has 42 valence electrons. The molecule has 0 fully saturated rings. The Bertz CT molecular complexity index is 64.0. The van der Waals surface area contributed by atoms with Gasteiger partial charge in [0.25, 0.3) is 0 Å². The maximum atomic E-state index is 9.81. The molecule has 0 saturated carbocycles. The highest BCUT2D eigenvalue weighted by Gasteiger charge is 1.89. The van der Waals surface area contributed by atoms with Gasteiger partial charge in [0.15, 0.2) is 0 Å². The van der Waals surface area contributed by atoms with E-state index in [2.05, 4.69) is 4.84 Å². The van der Waals surface area contributed by atoms with Gasteiger partial charge in [0.05, 0.1) is 7.11 Å². The van der Waals surface area contributed by atoms with Crippen molar-refractivity contribution in [3.8, 4) is 0 Å². The van der Waals surface area contributed by atoms with Crippen LogP contribution in [-0.4, -0.2) is 18.3 Å². The Hall–Kier alpha value is -0.810. The summed E-state index contributed by atoms with van der Waals surface area (Å²) in [4.78, 5) is 13.9. The molecule has 0 unspecified atom stereocenters. The molecule has 0 aromatic carbocycles. The lowest BCUT2D eigenvalue weighted by Gasteiger charge is -1.95. The van der Waals surface area contributed by atoms with Crippen LogP contribution in [0.1, 0.15) is 0 Å². The van der Waals surface area contributed by atoms with Crippen LogP contribution in [0, 0.1) is 0 Å². The highest BCUT2D eigenvalue weighted by Crippen LogP contribution is 1.55. The minimum absolute atomic E-state index is 0.789. The molecule has 2 amide bonds. The molecule has 0 aromatic rings. The Morgan fingerprint density at radius 1 is 1.86 bits per heavy atom. The molecule has 0 saturated heterocycles. The minimum Gasteiger partial charge on any atom is -0.287 e. The van der Waals surface area contributed by atoms with E-state index >= 15 is 0 Å².